The van der Waals surface area contributed by atoms with Crippen molar-refractivity contribution in [1.29, 1.82) is 0 Å². The standard InChI is InChI=1S/C21H14BrFN4O/c1-12-21-20(18-9-24-11-28-18)25-10-27(21)17-7-6-13(22)8-15(17)19(26-12)14-4-2-3-5-16(14)23/h2-12H,1H3/t12-/m1/s1. The lowest BCUT2D eigenvalue weighted by Crippen LogP contribution is -2.09. The largest absolute Gasteiger partial charge is 0.442 e. The predicted octanol–water partition coefficient (Wildman–Crippen LogP) is 5.34. The van der Waals surface area contributed by atoms with E-state index >= 15 is 0 Å². The third-order valence-electron chi connectivity index (χ3n) is 4.79. The first-order valence-electron chi connectivity index (χ1n) is 8.72. The molecule has 5 nitrogen and oxygen atoms in total. The number of rotatable bonds is 2. The van der Waals surface area contributed by atoms with Crippen molar-refractivity contribution >= 4 is 21.6 Å². The van der Waals surface area contributed by atoms with E-state index in [0.29, 0.717) is 22.7 Å². The molecule has 0 amide bonds. The van der Waals surface area contributed by atoms with Gasteiger partial charge in [-0.15, -0.1) is 0 Å². The minimum absolute atomic E-state index is 0.275. The molecule has 0 N–H and O–H groups in total. The molecule has 138 valence electrons. The third-order valence-corrected chi connectivity index (χ3v) is 5.28. The Balaban J connectivity index is 1.82. The van der Waals surface area contributed by atoms with Gasteiger partial charge in [0, 0.05) is 15.6 Å². The van der Waals surface area contributed by atoms with E-state index in [2.05, 4.69) is 25.9 Å². The second-order valence-corrected chi connectivity index (χ2v) is 7.42. The molecule has 2 aromatic carbocycles. The molecule has 1 atom stereocenters. The lowest BCUT2D eigenvalue weighted by molar-refractivity contribution is 0.568. The van der Waals surface area contributed by atoms with Gasteiger partial charge in [-0.25, -0.2) is 14.4 Å². The molecule has 0 fully saturated rings. The molecular weight excluding hydrogens is 423 g/mol. The number of fused-ring (bicyclic) bond motifs is 3. The Hall–Kier alpha value is -3.06. The van der Waals surface area contributed by atoms with E-state index in [0.717, 1.165) is 21.4 Å². The van der Waals surface area contributed by atoms with Crippen LogP contribution in [0.2, 0.25) is 0 Å². The molecule has 0 unspecified atom stereocenters. The van der Waals surface area contributed by atoms with Crippen LogP contribution in [0.3, 0.4) is 0 Å². The van der Waals surface area contributed by atoms with Crippen molar-refractivity contribution in [1.82, 2.24) is 14.5 Å². The van der Waals surface area contributed by atoms with Crippen molar-refractivity contribution in [2.24, 2.45) is 4.99 Å². The Kier molecular flexibility index (Phi) is 3.98. The predicted molar refractivity (Wildman–Crippen MR) is 107 cm³/mol. The van der Waals surface area contributed by atoms with E-state index in [9.17, 15) is 4.39 Å². The van der Waals surface area contributed by atoms with Gasteiger partial charge >= 0.3 is 0 Å². The van der Waals surface area contributed by atoms with E-state index < -0.39 is 0 Å². The van der Waals surface area contributed by atoms with E-state index in [4.69, 9.17) is 9.41 Å². The van der Waals surface area contributed by atoms with Gasteiger partial charge in [-0.1, -0.05) is 28.1 Å². The fraction of sp³-hybridized carbons (Fsp3) is 0.0952. The zero-order valence-corrected chi connectivity index (χ0v) is 16.4. The maximum absolute atomic E-state index is 14.7. The molecule has 2 aromatic heterocycles. The van der Waals surface area contributed by atoms with Crippen LogP contribution in [0.1, 0.15) is 29.8 Å². The van der Waals surface area contributed by atoms with Gasteiger partial charge in [-0.2, -0.15) is 0 Å². The number of oxazole rings is 1. The fourth-order valence-corrected chi connectivity index (χ4v) is 3.93. The van der Waals surface area contributed by atoms with E-state index in [1.807, 2.05) is 35.8 Å². The summed E-state index contributed by atoms with van der Waals surface area (Å²) in [5, 5.41) is 0. The van der Waals surface area contributed by atoms with Crippen LogP contribution in [0.5, 0.6) is 0 Å². The van der Waals surface area contributed by atoms with Crippen molar-refractivity contribution in [3.05, 3.63) is 88.5 Å². The summed E-state index contributed by atoms with van der Waals surface area (Å²) >= 11 is 3.53. The Morgan fingerprint density at radius 3 is 2.79 bits per heavy atom. The molecule has 4 aromatic rings. The van der Waals surface area contributed by atoms with Crippen LogP contribution in [0.4, 0.5) is 4.39 Å². The number of hydrogen-bond acceptors (Lipinski definition) is 4. The van der Waals surface area contributed by atoms with Gasteiger partial charge in [0.15, 0.2) is 12.2 Å². The fourth-order valence-electron chi connectivity index (χ4n) is 3.57. The smallest absolute Gasteiger partial charge is 0.181 e. The number of aromatic nitrogens is 3. The van der Waals surface area contributed by atoms with Gasteiger partial charge in [0.2, 0.25) is 0 Å². The second-order valence-electron chi connectivity index (χ2n) is 6.51. The Bertz CT molecular complexity index is 1210. The molecular formula is C21H14BrFN4O. The molecule has 7 heteroatoms. The number of hydrogen-bond donors (Lipinski definition) is 0. The highest BCUT2D eigenvalue weighted by Crippen LogP contribution is 2.37. The van der Waals surface area contributed by atoms with Gasteiger partial charge in [-0.3, -0.25) is 9.56 Å². The second kappa shape index (κ2) is 6.53. The molecule has 0 aliphatic carbocycles. The zero-order chi connectivity index (χ0) is 19.3. The van der Waals surface area contributed by atoms with Crippen molar-refractivity contribution < 1.29 is 8.81 Å². The highest BCUT2D eigenvalue weighted by atomic mass is 79.9. The van der Waals surface area contributed by atoms with Crippen LogP contribution in [-0.4, -0.2) is 20.2 Å². The average Bonchev–Trinajstić information content (AvgIpc) is 3.34. The minimum atomic E-state index is -0.306. The molecule has 28 heavy (non-hydrogen) atoms. The normalized spacial score (nSPS) is 15.5. The van der Waals surface area contributed by atoms with Crippen LogP contribution in [0, 0.1) is 5.82 Å². The summed E-state index contributed by atoms with van der Waals surface area (Å²) in [7, 11) is 0. The van der Waals surface area contributed by atoms with Gasteiger partial charge < -0.3 is 4.42 Å². The molecule has 1 aliphatic rings. The number of nitrogens with zero attached hydrogens (tertiary/aromatic N) is 4. The lowest BCUT2D eigenvalue weighted by Gasteiger charge is -2.12. The maximum Gasteiger partial charge on any atom is 0.181 e. The van der Waals surface area contributed by atoms with Crippen molar-refractivity contribution in [3.8, 4) is 17.1 Å². The summed E-state index contributed by atoms with van der Waals surface area (Å²) < 4.78 is 23.0. The first kappa shape index (κ1) is 17.1. The van der Waals surface area contributed by atoms with Crippen molar-refractivity contribution in [2.45, 2.75) is 13.0 Å². The van der Waals surface area contributed by atoms with Gasteiger partial charge in [0.25, 0.3) is 0 Å². The van der Waals surface area contributed by atoms with Crippen LogP contribution in [0.15, 0.2) is 75.3 Å². The van der Waals surface area contributed by atoms with E-state index in [1.165, 1.54) is 12.5 Å². The van der Waals surface area contributed by atoms with Gasteiger partial charge in [-0.05, 0) is 37.3 Å². The van der Waals surface area contributed by atoms with Crippen LogP contribution < -0.4 is 0 Å². The molecule has 0 spiro atoms. The highest BCUT2D eigenvalue weighted by Gasteiger charge is 2.28. The highest BCUT2D eigenvalue weighted by molar-refractivity contribution is 9.10. The molecule has 1 aliphatic heterocycles. The number of halogens is 2. The third kappa shape index (κ3) is 2.62. The molecule has 0 saturated heterocycles. The quantitative estimate of drug-likeness (QED) is 0.426. The maximum atomic E-state index is 14.7. The summed E-state index contributed by atoms with van der Waals surface area (Å²) in [4.78, 5) is 13.4. The molecule has 3 heterocycles. The van der Waals surface area contributed by atoms with Gasteiger partial charge in [0.1, 0.15) is 17.8 Å². The number of imidazole rings is 1. The molecule has 0 bridgehead atoms. The summed E-state index contributed by atoms with van der Waals surface area (Å²) in [6, 6.07) is 12.3. The lowest BCUT2D eigenvalue weighted by atomic mass is 10.00. The van der Waals surface area contributed by atoms with E-state index in [1.54, 1.807) is 24.7 Å². The average molecular weight is 437 g/mol. The van der Waals surface area contributed by atoms with Crippen LogP contribution in [0.25, 0.3) is 17.1 Å². The molecule has 0 radical (unpaired) electrons. The summed E-state index contributed by atoms with van der Waals surface area (Å²) in [5.74, 6) is 0.267. The SMILES string of the molecule is C[C@H]1N=C(c2ccccc2F)c2cc(Br)ccc2-n2cnc(-c3cnco3)c21. The molecule has 0 saturated carbocycles. The Morgan fingerprint density at radius 1 is 1.14 bits per heavy atom. The summed E-state index contributed by atoms with van der Waals surface area (Å²) in [6.07, 6.45) is 4.75. The number of benzene rings is 2. The Labute approximate surface area is 168 Å². The van der Waals surface area contributed by atoms with Crippen LogP contribution >= 0.6 is 15.9 Å². The zero-order valence-electron chi connectivity index (χ0n) is 14.8. The summed E-state index contributed by atoms with van der Waals surface area (Å²) in [5.41, 5.74) is 4.32. The minimum Gasteiger partial charge on any atom is -0.442 e. The monoisotopic (exact) mass is 436 g/mol. The first-order valence-corrected chi connectivity index (χ1v) is 9.52. The Morgan fingerprint density at radius 2 is 2.00 bits per heavy atom. The van der Waals surface area contributed by atoms with E-state index in [-0.39, 0.29) is 11.9 Å². The summed E-state index contributed by atoms with van der Waals surface area (Å²) in [6.45, 7) is 1.97. The number of aliphatic imine (C=N–C) groups is 1. The van der Waals surface area contributed by atoms with Crippen molar-refractivity contribution in [2.75, 3.05) is 0 Å². The van der Waals surface area contributed by atoms with Crippen molar-refractivity contribution in [3.63, 3.8) is 0 Å². The first-order chi connectivity index (χ1) is 13.6. The van der Waals surface area contributed by atoms with Crippen LogP contribution in [-0.2, 0) is 0 Å². The molecule has 5 rings (SSSR count). The van der Waals surface area contributed by atoms with Gasteiger partial charge in [0.05, 0.1) is 29.3 Å². The topological polar surface area (TPSA) is 56.2 Å².